The molecule has 0 spiro atoms. The summed E-state index contributed by atoms with van der Waals surface area (Å²) in [7, 11) is 0. The molecule has 2 aliphatic heterocycles. The second kappa shape index (κ2) is 10.3. The number of carbonyl (C=O) groups is 2. The van der Waals surface area contributed by atoms with Crippen LogP contribution in [0.15, 0.2) is 48.5 Å². The van der Waals surface area contributed by atoms with Crippen molar-refractivity contribution in [2.45, 2.75) is 19.3 Å². The van der Waals surface area contributed by atoms with Gasteiger partial charge in [-0.2, -0.15) is 0 Å². The summed E-state index contributed by atoms with van der Waals surface area (Å²) in [6, 6.07) is 11.7. The van der Waals surface area contributed by atoms with E-state index in [1.807, 2.05) is 0 Å². The van der Waals surface area contributed by atoms with Crippen LogP contribution in [0.1, 0.15) is 29.6 Å². The normalized spacial score (nSPS) is 18.1. The van der Waals surface area contributed by atoms with Gasteiger partial charge in [0.1, 0.15) is 17.4 Å². The van der Waals surface area contributed by atoms with Crippen molar-refractivity contribution in [3.63, 3.8) is 0 Å². The Morgan fingerprint density at radius 1 is 0.909 bits per heavy atom. The monoisotopic (exact) mass is 458 g/mol. The van der Waals surface area contributed by atoms with Crippen LogP contribution in [0.3, 0.4) is 0 Å². The van der Waals surface area contributed by atoms with Crippen LogP contribution in [-0.2, 0) is 9.53 Å². The lowest BCUT2D eigenvalue weighted by atomic mass is 9.75. The molecule has 2 heterocycles. The van der Waals surface area contributed by atoms with E-state index in [0.29, 0.717) is 58.0 Å². The summed E-state index contributed by atoms with van der Waals surface area (Å²) in [6.45, 7) is 3.24. The second-order valence-electron chi connectivity index (χ2n) is 8.68. The van der Waals surface area contributed by atoms with Gasteiger partial charge in [-0.25, -0.2) is 8.78 Å². The highest BCUT2D eigenvalue weighted by Crippen LogP contribution is 2.37. The molecule has 176 valence electrons. The molecular weight excluding hydrogens is 430 g/mol. The van der Waals surface area contributed by atoms with Crippen LogP contribution in [-0.4, -0.2) is 67.6 Å². The molecule has 2 fully saturated rings. The largest absolute Gasteiger partial charge is 0.493 e. The van der Waals surface area contributed by atoms with Gasteiger partial charge in [0.05, 0.1) is 25.4 Å². The second-order valence-corrected chi connectivity index (χ2v) is 8.68. The summed E-state index contributed by atoms with van der Waals surface area (Å²) in [4.78, 5) is 29.3. The number of benzene rings is 2. The molecule has 2 amide bonds. The fourth-order valence-electron chi connectivity index (χ4n) is 4.37. The smallest absolute Gasteiger partial charge is 0.256 e. The van der Waals surface area contributed by atoms with Crippen molar-refractivity contribution in [3.05, 3.63) is 65.7 Å². The summed E-state index contributed by atoms with van der Waals surface area (Å²) < 4.78 is 38.7. The number of hydrogen-bond acceptors (Lipinski definition) is 4. The third-order valence-corrected chi connectivity index (χ3v) is 6.46. The third-order valence-electron chi connectivity index (χ3n) is 6.46. The van der Waals surface area contributed by atoms with Crippen LogP contribution >= 0.6 is 0 Å². The molecule has 8 heteroatoms. The minimum Gasteiger partial charge on any atom is -0.493 e. The standard InChI is InChI=1S/C25H28F2N2O4/c26-19-5-7-20(8-6-19)33-18-25(17-23(30)28-13-15-32-16-14-28)9-11-29(12-10-25)24(31)21-3-1-2-4-22(21)27/h1-8H,9-18H2. The number of morpholine rings is 1. The predicted molar refractivity (Wildman–Crippen MR) is 118 cm³/mol. The lowest BCUT2D eigenvalue weighted by Gasteiger charge is -2.42. The van der Waals surface area contributed by atoms with Crippen molar-refractivity contribution in [3.8, 4) is 5.75 Å². The molecule has 0 aromatic heterocycles. The average Bonchev–Trinajstić information content (AvgIpc) is 2.85. The summed E-state index contributed by atoms with van der Waals surface area (Å²) in [6.07, 6.45) is 1.38. The van der Waals surface area contributed by atoms with Crippen LogP contribution in [0.4, 0.5) is 8.78 Å². The number of rotatable bonds is 6. The van der Waals surface area contributed by atoms with Crippen molar-refractivity contribution >= 4 is 11.8 Å². The Kier molecular flexibility index (Phi) is 7.23. The third kappa shape index (κ3) is 5.68. The number of halogens is 2. The average molecular weight is 459 g/mol. The summed E-state index contributed by atoms with van der Waals surface area (Å²) in [5, 5.41) is 0. The van der Waals surface area contributed by atoms with E-state index < -0.39 is 11.2 Å². The first-order valence-corrected chi connectivity index (χ1v) is 11.2. The van der Waals surface area contributed by atoms with Crippen LogP contribution in [0.2, 0.25) is 0 Å². The van der Waals surface area contributed by atoms with E-state index in [-0.39, 0.29) is 36.2 Å². The minimum atomic E-state index is -0.540. The van der Waals surface area contributed by atoms with Crippen LogP contribution < -0.4 is 4.74 Å². The maximum absolute atomic E-state index is 14.1. The number of carbonyl (C=O) groups excluding carboxylic acids is 2. The predicted octanol–water partition coefficient (Wildman–Crippen LogP) is 3.52. The van der Waals surface area contributed by atoms with Crippen LogP contribution in [0.25, 0.3) is 0 Å². The Labute approximate surface area is 192 Å². The Morgan fingerprint density at radius 3 is 2.24 bits per heavy atom. The van der Waals surface area contributed by atoms with Gasteiger partial charge in [-0.1, -0.05) is 12.1 Å². The highest BCUT2D eigenvalue weighted by atomic mass is 19.1. The van der Waals surface area contributed by atoms with Gasteiger partial charge in [0.2, 0.25) is 5.91 Å². The molecular formula is C25H28F2N2O4. The van der Waals surface area contributed by atoms with Gasteiger partial charge in [-0.3, -0.25) is 9.59 Å². The maximum Gasteiger partial charge on any atom is 0.256 e. The molecule has 2 aromatic rings. The number of nitrogens with zero attached hydrogens (tertiary/aromatic N) is 2. The molecule has 2 saturated heterocycles. The minimum absolute atomic E-state index is 0.0369. The van der Waals surface area contributed by atoms with Gasteiger partial charge in [0.15, 0.2) is 0 Å². The fraction of sp³-hybridized carbons (Fsp3) is 0.440. The lowest BCUT2D eigenvalue weighted by molar-refractivity contribution is -0.139. The van der Waals surface area contributed by atoms with E-state index in [4.69, 9.17) is 9.47 Å². The van der Waals surface area contributed by atoms with Gasteiger partial charge in [-0.15, -0.1) is 0 Å². The van der Waals surface area contributed by atoms with E-state index in [2.05, 4.69) is 0 Å². The Balaban J connectivity index is 1.45. The van der Waals surface area contributed by atoms with Crippen molar-refractivity contribution in [1.82, 2.24) is 9.80 Å². The molecule has 0 aliphatic carbocycles. The van der Waals surface area contributed by atoms with Crippen molar-refractivity contribution in [2.75, 3.05) is 46.0 Å². The SMILES string of the molecule is O=C(CC1(COc2ccc(F)cc2)CCN(C(=O)c2ccccc2F)CC1)N1CCOCC1. The first-order chi connectivity index (χ1) is 16.0. The highest BCUT2D eigenvalue weighted by Gasteiger charge is 2.40. The molecule has 0 saturated carbocycles. The number of piperidine rings is 1. The van der Waals surface area contributed by atoms with E-state index in [0.717, 1.165) is 0 Å². The van der Waals surface area contributed by atoms with E-state index in [1.54, 1.807) is 34.1 Å². The summed E-state index contributed by atoms with van der Waals surface area (Å²) >= 11 is 0. The molecule has 4 rings (SSSR count). The van der Waals surface area contributed by atoms with E-state index in [1.165, 1.54) is 24.3 Å². The zero-order valence-electron chi connectivity index (χ0n) is 18.5. The molecule has 33 heavy (non-hydrogen) atoms. The zero-order valence-corrected chi connectivity index (χ0v) is 18.5. The molecule has 0 N–H and O–H groups in total. The highest BCUT2D eigenvalue weighted by molar-refractivity contribution is 5.94. The van der Waals surface area contributed by atoms with Gasteiger partial charge < -0.3 is 19.3 Å². The molecule has 2 aromatic carbocycles. The topological polar surface area (TPSA) is 59.1 Å². The quantitative estimate of drug-likeness (QED) is 0.665. The van der Waals surface area contributed by atoms with E-state index >= 15 is 0 Å². The molecule has 0 bridgehead atoms. The Morgan fingerprint density at radius 2 is 1.58 bits per heavy atom. The van der Waals surface area contributed by atoms with E-state index in [9.17, 15) is 18.4 Å². The van der Waals surface area contributed by atoms with Crippen LogP contribution in [0.5, 0.6) is 5.75 Å². The Hall–Kier alpha value is -3.00. The Bertz CT molecular complexity index is 969. The van der Waals surface area contributed by atoms with Crippen molar-refractivity contribution in [2.24, 2.45) is 5.41 Å². The molecule has 6 nitrogen and oxygen atoms in total. The van der Waals surface area contributed by atoms with Gasteiger partial charge >= 0.3 is 0 Å². The number of hydrogen-bond donors (Lipinski definition) is 0. The maximum atomic E-state index is 14.1. The van der Waals surface area contributed by atoms with Gasteiger partial charge in [0, 0.05) is 38.0 Å². The first kappa shape index (κ1) is 23.2. The molecule has 0 radical (unpaired) electrons. The number of amides is 2. The first-order valence-electron chi connectivity index (χ1n) is 11.2. The molecule has 2 aliphatic rings. The zero-order chi connectivity index (χ0) is 23.3. The van der Waals surface area contributed by atoms with Gasteiger partial charge in [-0.05, 0) is 49.2 Å². The molecule has 0 unspecified atom stereocenters. The molecule has 0 atom stereocenters. The van der Waals surface area contributed by atoms with Crippen LogP contribution in [0, 0.1) is 17.0 Å². The number of ether oxygens (including phenoxy) is 2. The van der Waals surface area contributed by atoms with Crippen molar-refractivity contribution < 1.29 is 27.8 Å². The number of likely N-dealkylation sites (tertiary alicyclic amines) is 1. The lowest BCUT2D eigenvalue weighted by Crippen LogP contribution is -2.49. The summed E-state index contributed by atoms with van der Waals surface area (Å²) in [5.74, 6) is -0.670. The fourth-order valence-corrected chi connectivity index (χ4v) is 4.37. The van der Waals surface area contributed by atoms with Gasteiger partial charge in [0.25, 0.3) is 5.91 Å². The summed E-state index contributed by atoms with van der Waals surface area (Å²) in [5.41, 5.74) is -0.424. The van der Waals surface area contributed by atoms with Crippen molar-refractivity contribution in [1.29, 1.82) is 0 Å².